The van der Waals surface area contributed by atoms with Gasteiger partial charge in [0.1, 0.15) is 5.76 Å². The molecule has 1 aliphatic rings. The Balaban J connectivity index is 1.87. The van der Waals surface area contributed by atoms with Gasteiger partial charge in [-0.15, -0.1) is 0 Å². The summed E-state index contributed by atoms with van der Waals surface area (Å²) in [4.78, 5) is 14.4. The fourth-order valence-corrected chi connectivity index (χ4v) is 2.68. The van der Waals surface area contributed by atoms with Crippen LogP contribution in [0, 0.1) is 0 Å². The third kappa shape index (κ3) is 4.10. The zero-order valence-electron chi connectivity index (χ0n) is 11.7. The minimum atomic E-state index is 0.256. The Hall–Kier alpha value is -1.29. The number of rotatable bonds is 6. The van der Waals surface area contributed by atoms with Gasteiger partial charge in [-0.05, 0) is 37.9 Å². The topological polar surface area (TPSA) is 45.5 Å². The third-order valence-corrected chi connectivity index (χ3v) is 3.66. The number of hydrogen-bond donors (Lipinski definition) is 1. The molecule has 1 aromatic rings. The van der Waals surface area contributed by atoms with Crippen molar-refractivity contribution in [1.29, 1.82) is 0 Å². The van der Waals surface area contributed by atoms with Crippen molar-refractivity contribution in [1.82, 2.24) is 10.2 Å². The first-order valence-corrected chi connectivity index (χ1v) is 7.34. The summed E-state index contributed by atoms with van der Waals surface area (Å²) in [5.74, 6) is 1.15. The van der Waals surface area contributed by atoms with Crippen LogP contribution in [0.5, 0.6) is 0 Å². The number of furan rings is 1. The predicted molar refractivity (Wildman–Crippen MR) is 74.9 cm³/mol. The maximum absolute atomic E-state index is 12.4. The van der Waals surface area contributed by atoms with Gasteiger partial charge in [-0.25, -0.2) is 0 Å². The fraction of sp³-hybridized carbons (Fsp3) is 0.667. The highest BCUT2D eigenvalue weighted by atomic mass is 16.3. The normalized spacial score (nSPS) is 19.3. The molecule has 4 nitrogen and oxygen atoms in total. The van der Waals surface area contributed by atoms with E-state index in [0.29, 0.717) is 18.9 Å². The van der Waals surface area contributed by atoms with Gasteiger partial charge in [0, 0.05) is 32.0 Å². The second-order valence-corrected chi connectivity index (χ2v) is 5.17. The van der Waals surface area contributed by atoms with E-state index in [1.54, 1.807) is 6.26 Å². The lowest BCUT2D eigenvalue weighted by Gasteiger charge is -2.34. The van der Waals surface area contributed by atoms with Crippen molar-refractivity contribution >= 4 is 5.91 Å². The average Bonchev–Trinajstić information content (AvgIpc) is 2.96. The van der Waals surface area contributed by atoms with Gasteiger partial charge in [0.2, 0.25) is 5.91 Å². The summed E-state index contributed by atoms with van der Waals surface area (Å²) in [6, 6.07) is 4.17. The molecule has 4 heteroatoms. The summed E-state index contributed by atoms with van der Waals surface area (Å²) in [6.07, 6.45) is 6.21. The maximum atomic E-state index is 12.4. The maximum Gasteiger partial charge on any atom is 0.223 e. The van der Waals surface area contributed by atoms with Crippen LogP contribution >= 0.6 is 0 Å². The van der Waals surface area contributed by atoms with E-state index in [2.05, 4.69) is 17.1 Å². The Kier molecular flexibility index (Phi) is 5.45. The molecule has 0 aliphatic carbocycles. The number of piperidine rings is 1. The van der Waals surface area contributed by atoms with Crippen LogP contribution in [0.4, 0.5) is 0 Å². The SMILES string of the molecule is CCCN(C(=O)CCc1ccco1)C1CCCNC1. The standard InChI is InChI=1S/C15H24N2O2/c1-2-10-17(13-5-3-9-16-12-13)15(18)8-7-14-6-4-11-19-14/h4,6,11,13,16H,2-3,5,7-10,12H2,1H3. The summed E-state index contributed by atoms with van der Waals surface area (Å²) in [6.45, 7) is 5.01. The number of carbonyl (C=O) groups is 1. The van der Waals surface area contributed by atoms with E-state index in [1.807, 2.05) is 12.1 Å². The van der Waals surface area contributed by atoms with Crippen molar-refractivity contribution in [2.45, 2.75) is 45.1 Å². The zero-order valence-corrected chi connectivity index (χ0v) is 11.7. The molecule has 0 saturated carbocycles. The van der Waals surface area contributed by atoms with Gasteiger partial charge in [0.25, 0.3) is 0 Å². The highest BCUT2D eigenvalue weighted by Gasteiger charge is 2.24. The third-order valence-electron chi connectivity index (χ3n) is 3.66. The Morgan fingerprint density at radius 3 is 3.11 bits per heavy atom. The molecule has 2 heterocycles. The molecular weight excluding hydrogens is 240 g/mol. The van der Waals surface area contributed by atoms with Crippen molar-refractivity contribution in [2.75, 3.05) is 19.6 Å². The van der Waals surface area contributed by atoms with E-state index in [4.69, 9.17) is 4.42 Å². The lowest BCUT2D eigenvalue weighted by atomic mass is 10.0. The second-order valence-electron chi connectivity index (χ2n) is 5.17. The smallest absolute Gasteiger partial charge is 0.223 e. The number of hydrogen-bond acceptors (Lipinski definition) is 3. The molecule has 0 spiro atoms. The van der Waals surface area contributed by atoms with Crippen LogP contribution in [0.1, 0.15) is 38.4 Å². The van der Waals surface area contributed by atoms with Crippen LogP contribution in [0.25, 0.3) is 0 Å². The number of amides is 1. The Morgan fingerprint density at radius 2 is 2.47 bits per heavy atom. The van der Waals surface area contributed by atoms with Gasteiger partial charge in [0.05, 0.1) is 6.26 Å². The minimum absolute atomic E-state index is 0.256. The van der Waals surface area contributed by atoms with Crippen molar-refractivity contribution in [3.8, 4) is 0 Å². The van der Waals surface area contributed by atoms with Gasteiger partial charge in [0.15, 0.2) is 0 Å². The largest absolute Gasteiger partial charge is 0.469 e. The van der Waals surface area contributed by atoms with Crippen LogP contribution in [0.15, 0.2) is 22.8 Å². The number of nitrogens with one attached hydrogen (secondary N) is 1. The van der Waals surface area contributed by atoms with Gasteiger partial charge < -0.3 is 14.6 Å². The monoisotopic (exact) mass is 264 g/mol. The first kappa shape index (κ1) is 14.1. The van der Waals surface area contributed by atoms with E-state index in [9.17, 15) is 4.79 Å². The van der Waals surface area contributed by atoms with Crippen LogP contribution in [-0.4, -0.2) is 36.5 Å². The first-order chi connectivity index (χ1) is 9.31. The molecule has 1 N–H and O–H groups in total. The molecule has 2 rings (SSSR count). The van der Waals surface area contributed by atoms with E-state index in [0.717, 1.165) is 44.7 Å². The van der Waals surface area contributed by atoms with Gasteiger partial charge in [-0.1, -0.05) is 6.92 Å². The van der Waals surface area contributed by atoms with Crippen LogP contribution < -0.4 is 5.32 Å². The van der Waals surface area contributed by atoms with Gasteiger partial charge >= 0.3 is 0 Å². The predicted octanol–water partition coefficient (Wildman–Crippen LogP) is 2.20. The minimum Gasteiger partial charge on any atom is -0.469 e. The summed E-state index contributed by atoms with van der Waals surface area (Å²) in [7, 11) is 0. The van der Waals surface area contributed by atoms with E-state index in [1.165, 1.54) is 0 Å². The first-order valence-electron chi connectivity index (χ1n) is 7.34. The fourth-order valence-electron chi connectivity index (χ4n) is 2.68. The van der Waals surface area contributed by atoms with Crippen molar-refractivity contribution in [3.05, 3.63) is 24.2 Å². The molecule has 106 valence electrons. The van der Waals surface area contributed by atoms with E-state index in [-0.39, 0.29) is 5.91 Å². The number of carbonyl (C=O) groups excluding carboxylic acids is 1. The molecule has 0 aromatic carbocycles. The second kappa shape index (κ2) is 7.34. The highest BCUT2D eigenvalue weighted by Crippen LogP contribution is 2.14. The molecule has 1 unspecified atom stereocenters. The molecule has 1 aromatic heterocycles. The van der Waals surface area contributed by atoms with Crippen LogP contribution in [0.2, 0.25) is 0 Å². The Labute approximate surface area is 115 Å². The molecule has 0 radical (unpaired) electrons. The van der Waals surface area contributed by atoms with Gasteiger partial charge in [-0.3, -0.25) is 4.79 Å². The van der Waals surface area contributed by atoms with Gasteiger partial charge in [-0.2, -0.15) is 0 Å². The summed E-state index contributed by atoms with van der Waals surface area (Å²) < 4.78 is 5.29. The zero-order chi connectivity index (χ0) is 13.5. The lowest BCUT2D eigenvalue weighted by molar-refractivity contribution is -0.134. The Morgan fingerprint density at radius 1 is 1.58 bits per heavy atom. The van der Waals surface area contributed by atoms with Crippen LogP contribution in [0.3, 0.4) is 0 Å². The van der Waals surface area contributed by atoms with Crippen LogP contribution in [-0.2, 0) is 11.2 Å². The van der Waals surface area contributed by atoms with Crippen molar-refractivity contribution in [3.63, 3.8) is 0 Å². The molecular formula is C15H24N2O2. The molecule has 1 fully saturated rings. The average molecular weight is 264 g/mol. The van der Waals surface area contributed by atoms with Crippen molar-refractivity contribution < 1.29 is 9.21 Å². The summed E-state index contributed by atoms with van der Waals surface area (Å²) in [5.41, 5.74) is 0. The summed E-state index contributed by atoms with van der Waals surface area (Å²) in [5, 5.41) is 3.39. The van der Waals surface area contributed by atoms with E-state index >= 15 is 0 Å². The molecule has 0 bridgehead atoms. The molecule has 1 amide bonds. The molecule has 1 aliphatic heterocycles. The van der Waals surface area contributed by atoms with E-state index < -0.39 is 0 Å². The quantitative estimate of drug-likeness (QED) is 0.856. The molecule has 1 atom stereocenters. The Bertz CT molecular complexity index is 370. The van der Waals surface area contributed by atoms with Crippen molar-refractivity contribution in [2.24, 2.45) is 0 Å². The summed E-state index contributed by atoms with van der Waals surface area (Å²) >= 11 is 0. The molecule has 19 heavy (non-hydrogen) atoms. The number of aryl methyl sites for hydroxylation is 1. The molecule has 1 saturated heterocycles. The lowest BCUT2D eigenvalue weighted by Crippen LogP contribution is -2.49. The highest BCUT2D eigenvalue weighted by molar-refractivity contribution is 5.76. The number of nitrogens with zero attached hydrogens (tertiary/aromatic N) is 1.